The SMILES string of the molecule is CC(C#N)CN(C)S(=O)(=O)c1cc(N)cc(Br)c1F. The number of nitrogen functional groups attached to an aromatic ring is 1. The van der Waals surface area contributed by atoms with Crippen molar-refractivity contribution in [2.45, 2.75) is 11.8 Å². The van der Waals surface area contributed by atoms with Gasteiger partial charge in [0.2, 0.25) is 10.0 Å². The van der Waals surface area contributed by atoms with Gasteiger partial charge in [0.15, 0.2) is 5.82 Å². The van der Waals surface area contributed by atoms with E-state index in [1.54, 1.807) is 6.92 Å². The van der Waals surface area contributed by atoms with Gasteiger partial charge in [-0.2, -0.15) is 9.57 Å². The van der Waals surface area contributed by atoms with E-state index in [0.29, 0.717) is 0 Å². The molecule has 0 aromatic heterocycles. The van der Waals surface area contributed by atoms with Gasteiger partial charge < -0.3 is 5.73 Å². The smallest absolute Gasteiger partial charge is 0.245 e. The van der Waals surface area contributed by atoms with Crippen molar-refractivity contribution in [2.75, 3.05) is 19.3 Å². The fourth-order valence-electron chi connectivity index (χ4n) is 1.46. The van der Waals surface area contributed by atoms with E-state index in [0.717, 1.165) is 10.4 Å². The number of anilines is 1. The van der Waals surface area contributed by atoms with Gasteiger partial charge in [-0.15, -0.1) is 0 Å². The first kappa shape index (κ1) is 15.9. The number of nitrogens with zero attached hydrogens (tertiary/aromatic N) is 2. The fraction of sp³-hybridized carbons (Fsp3) is 0.364. The summed E-state index contributed by atoms with van der Waals surface area (Å²) in [7, 11) is -2.73. The number of nitriles is 1. The third-order valence-electron chi connectivity index (χ3n) is 2.46. The zero-order valence-corrected chi connectivity index (χ0v) is 12.8. The molecule has 0 aliphatic heterocycles. The molecule has 0 amide bonds. The average Bonchev–Trinajstić information content (AvgIpc) is 2.33. The van der Waals surface area contributed by atoms with Crippen molar-refractivity contribution < 1.29 is 12.8 Å². The van der Waals surface area contributed by atoms with Crippen LogP contribution in [0, 0.1) is 23.1 Å². The molecule has 0 saturated carbocycles. The minimum atomic E-state index is -4.02. The summed E-state index contributed by atoms with van der Waals surface area (Å²) < 4.78 is 39.2. The van der Waals surface area contributed by atoms with Gasteiger partial charge in [0.25, 0.3) is 0 Å². The highest BCUT2D eigenvalue weighted by Crippen LogP contribution is 2.28. The van der Waals surface area contributed by atoms with Crippen molar-refractivity contribution in [3.05, 3.63) is 22.4 Å². The molecule has 0 fully saturated rings. The van der Waals surface area contributed by atoms with Crippen LogP contribution in [-0.2, 0) is 10.0 Å². The van der Waals surface area contributed by atoms with Crippen molar-refractivity contribution >= 4 is 31.6 Å². The van der Waals surface area contributed by atoms with Crippen molar-refractivity contribution in [2.24, 2.45) is 5.92 Å². The number of sulfonamides is 1. The van der Waals surface area contributed by atoms with Crippen molar-refractivity contribution in [3.63, 3.8) is 0 Å². The molecule has 1 aromatic carbocycles. The first-order valence-corrected chi connectivity index (χ1v) is 7.54. The summed E-state index contributed by atoms with van der Waals surface area (Å²) in [6, 6.07) is 4.27. The number of rotatable bonds is 4. The minimum Gasteiger partial charge on any atom is -0.399 e. The Labute approximate surface area is 120 Å². The number of hydrogen-bond donors (Lipinski definition) is 1. The van der Waals surface area contributed by atoms with E-state index >= 15 is 0 Å². The molecule has 0 bridgehead atoms. The van der Waals surface area contributed by atoms with E-state index in [2.05, 4.69) is 15.9 Å². The molecule has 0 aliphatic carbocycles. The van der Waals surface area contributed by atoms with Crippen LogP contribution < -0.4 is 5.73 Å². The summed E-state index contributed by atoms with van der Waals surface area (Å²) in [5.74, 6) is -1.39. The maximum atomic E-state index is 13.9. The van der Waals surface area contributed by atoms with Crippen LogP contribution >= 0.6 is 15.9 Å². The van der Waals surface area contributed by atoms with Crippen molar-refractivity contribution in [1.82, 2.24) is 4.31 Å². The van der Waals surface area contributed by atoms with Crippen LogP contribution in [0.4, 0.5) is 10.1 Å². The number of halogens is 2. The first-order valence-electron chi connectivity index (χ1n) is 5.30. The normalized spacial score (nSPS) is 13.3. The van der Waals surface area contributed by atoms with Crippen molar-refractivity contribution in [3.8, 4) is 6.07 Å². The monoisotopic (exact) mass is 349 g/mol. The summed E-state index contributed by atoms with van der Waals surface area (Å²) in [5.41, 5.74) is 5.65. The number of benzene rings is 1. The topological polar surface area (TPSA) is 87.2 Å². The third kappa shape index (κ3) is 3.43. The maximum absolute atomic E-state index is 13.9. The molecule has 104 valence electrons. The molecular formula is C11H13BrFN3O2S. The van der Waals surface area contributed by atoms with Crippen LogP contribution in [0.1, 0.15) is 6.92 Å². The van der Waals surface area contributed by atoms with Gasteiger partial charge in [-0.25, -0.2) is 12.8 Å². The quantitative estimate of drug-likeness (QED) is 0.841. The molecule has 1 unspecified atom stereocenters. The predicted octanol–water partition coefficient (Wildman–Crippen LogP) is 1.95. The van der Waals surface area contributed by atoms with E-state index < -0.39 is 26.7 Å². The molecule has 1 rings (SSSR count). The lowest BCUT2D eigenvalue weighted by molar-refractivity contribution is 0.434. The van der Waals surface area contributed by atoms with Crippen molar-refractivity contribution in [1.29, 1.82) is 5.26 Å². The van der Waals surface area contributed by atoms with Gasteiger partial charge in [-0.3, -0.25) is 0 Å². The molecular weight excluding hydrogens is 337 g/mol. The van der Waals surface area contributed by atoms with Crippen LogP contribution in [-0.4, -0.2) is 26.3 Å². The van der Waals surface area contributed by atoms with E-state index in [9.17, 15) is 12.8 Å². The molecule has 0 radical (unpaired) electrons. The van der Waals surface area contributed by atoms with Gasteiger partial charge in [-0.05, 0) is 35.0 Å². The highest BCUT2D eigenvalue weighted by molar-refractivity contribution is 9.10. The predicted molar refractivity (Wildman–Crippen MR) is 73.1 cm³/mol. The highest BCUT2D eigenvalue weighted by Gasteiger charge is 2.27. The molecule has 1 aromatic rings. The van der Waals surface area contributed by atoms with Gasteiger partial charge in [0, 0.05) is 19.3 Å². The van der Waals surface area contributed by atoms with E-state index in [4.69, 9.17) is 11.0 Å². The van der Waals surface area contributed by atoms with Gasteiger partial charge in [-0.1, -0.05) is 0 Å². The van der Waals surface area contributed by atoms with Gasteiger partial charge >= 0.3 is 0 Å². The zero-order valence-electron chi connectivity index (χ0n) is 10.4. The van der Waals surface area contributed by atoms with Crippen LogP contribution in [0.25, 0.3) is 0 Å². The summed E-state index contributed by atoms with van der Waals surface area (Å²) in [6.07, 6.45) is 0. The third-order valence-corrected chi connectivity index (χ3v) is 4.86. The Morgan fingerprint density at radius 3 is 2.68 bits per heavy atom. The van der Waals surface area contributed by atoms with E-state index in [1.807, 2.05) is 6.07 Å². The largest absolute Gasteiger partial charge is 0.399 e. The lowest BCUT2D eigenvalue weighted by Gasteiger charge is -2.19. The molecule has 0 heterocycles. The molecule has 19 heavy (non-hydrogen) atoms. The number of nitrogens with two attached hydrogens (primary N) is 1. The standard InChI is InChI=1S/C11H13BrFN3O2S/c1-7(5-14)6-16(2)19(17,18)10-4-8(15)3-9(12)11(10)13/h3-4,7H,6,15H2,1-2H3. The summed E-state index contributed by atoms with van der Waals surface area (Å²) in [4.78, 5) is -0.507. The number of hydrogen-bond acceptors (Lipinski definition) is 4. The van der Waals surface area contributed by atoms with Gasteiger partial charge in [0.1, 0.15) is 4.90 Å². The van der Waals surface area contributed by atoms with Crippen LogP contribution in [0.2, 0.25) is 0 Å². The molecule has 0 spiro atoms. The molecule has 5 nitrogen and oxygen atoms in total. The summed E-state index contributed by atoms with van der Waals surface area (Å²) in [6.45, 7) is 1.56. The maximum Gasteiger partial charge on any atom is 0.245 e. The van der Waals surface area contributed by atoms with Gasteiger partial charge in [0.05, 0.1) is 16.5 Å². The van der Waals surface area contributed by atoms with E-state index in [1.165, 1.54) is 13.1 Å². The summed E-state index contributed by atoms with van der Waals surface area (Å²) >= 11 is 2.91. The van der Waals surface area contributed by atoms with Crippen LogP contribution in [0.3, 0.4) is 0 Å². The van der Waals surface area contributed by atoms with E-state index in [-0.39, 0.29) is 16.7 Å². The average molecular weight is 350 g/mol. The lowest BCUT2D eigenvalue weighted by atomic mass is 10.2. The Morgan fingerprint density at radius 1 is 1.58 bits per heavy atom. The Morgan fingerprint density at radius 2 is 2.16 bits per heavy atom. The lowest BCUT2D eigenvalue weighted by Crippen LogP contribution is -2.31. The second-order valence-corrected chi connectivity index (χ2v) is 7.00. The molecule has 8 heteroatoms. The molecule has 1 atom stereocenters. The van der Waals surface area contributed by atoms with Crippen LogP contribution in [0.5, 0.6) is 0 Å². The minimum absolute atomic E-state index is 0.0205. The Kier molecular flexibility index (Phi) is 4.90. The molecule has 2 N–H and O–H groups in total. The van der Waals surface area contributed by atoms with Crippen LogP contribution in [0.15, 0.2) is 21.5 Å². The Balaban J connectivity index is 3.25. The second kappa shape index (κ2) is 5.86. The fourth-order valence-corrected chi connectivity index (χ4v) is 3.45. The second-order valence-electron chi connectivity index (χ2n) is 4.13. The zero-order chi connectivity index (χ0) is 14.8. The molecule has 0 saturated heterocycles. The Bertz CT molecular complexity index is 628. The Hall–Kier alpha value is -1.17. The molecule has 0 aliphatic rings. The summed E-state index contributed by atoms with van der Waals surface area (Å²) in [5, 5.41) is 8.69. The highest BCUT2D eigenvalue weighted by atomic mass is 79.9. The first-order chi connectivity index (χ1) is 8.70.